The molecule has 2 heteroatoms. The van der Waals surface area contributed by atoms with Gasteiger partial charge in [0.15, 0.2) is 0 Å². The molecule has 0 bridgehead atoms. The summed E-state index contributed by atoms with van der Waals surface area (Å²) in [5.74, 6) is 0. The maximum absolute atomic E-state index is 10.2. The highest BCUT2D eigenvalue weighted by Gasteiger charge is 1.99. The highest BCUT2D eigenvalue weighted by atomic mass is 16.1. The topological polar surface area (TPSA) is 30.0 Å². The van der Waals surface area contributed by atoms with Gasteiger partial charge in [-0.1, -0.05) is 0 Å². The molecule has 0 atom stereocenters. The lowest BCUT2D eigenvalue weighted by Gasteiger charge is -1.98. The molecule has 0 aliphatic rings. The average Bonchev–Trinajstić information content (AvgIpc) is 1.95. The smallest absolute Gasteiger partial charge is 0.253 e. The maximum Gasteiger partial charge on any atom is 0.253 e. The number of hydrogen-bond acceptors (Lipinski definition) is 2. The van der Waals surface area contributed by atoms with Crippen LogP contribution in [0.1, 0.15) is 16.8 Å². The van der Waals surface area contributed by atoms with E-state index in [1.54, 1.807) is 12.5 Å². The number of aromatic nitrogens is 1. The van der Waals surface area contributed by atoms with Crippen molar-refractivity contribution in [3.05, 3.63) is 29.1 Å². The van der Waals surface area contributed by atoms with Crippen molar-refractivity contribution >= 4 is 6.29 Å². The molecule has 1 aromatic heterocycles. The molecule has 1 radical (unpaired) electrons. The van der Waals surface area contributed by atoms with Gasteiger partial charge in [-0.2, -0.15) is 0 Å². The largest absolute Gasteiger partial charge is 0.283 e. The molecule has 1 aromatic rings. The summed E-state index contributed by atoms with van der Waals surface area (Å²) in [6.07, 6.45) is 3.39. The summed E-state index contributed by atoms with van der Waals surface area (Å²) in [6, 6.07) is 1.87. The van der Waals surface area contributed by atoms with Crippen LogP contribution in [-0.2, 0) is 4.79 Å². The van der Waals surface area contributed by atoms with Crippen molar-refractivity contribution in [2.24, 2.45) is 0 Å². The first-order valence-corrected chi connectivity index (χ1v) is 3.06. The van der Waals surface area contributed by atoms with Crippen molar-refractivity contribution in [3.8, 4) is 0 Å². The Morgan fingerprint density at radius 1 is 1.50 bits per heavy atom. The molecular formula is C8H8NO. The first kappa shape index (κ1) is 6.93. The van der Waals surface area contributed by atoms with Crippen LogP contribution in [0, 0.1) is 13.8 Å². The number of aryl methyl sites for hydroxylation is 1. The number of nitrogens with zero attached hydrogens (tertiary/aromatic N) is 1. The third-order valence-electron chi connectivity index (χ3n) is 1.57. The van der Waals surface area contributed by atoms with Crippen molar-refractivity contribution in [1.82, 2.24) is 4.98 Å². The normalized spacial score (nSPS) is 9.40. The molecule has 0 aliphatic carbocycles. The van der Waals surface area contributed by atoms with E-state index in [0.29, 0.717) is 5.69 Å². The summed E-state index contributed by atoms with van der Waals surface area (Å²) >= 11 is 0. The maximum atomic E-state index is 10.2. The first-order chi connectivity index (χ1) is 4.75. The molecule has 0 saturated heterocycles. The zero-order valence-electron chi connectivity index (χ0n) is 6.01. The van der Waals surface area contributed by atoms with Crippen molar-refractivity contribution in [2.45, 2.75) is 13.8 Å². The lowest BCUT2D eigenvalue weighted by atomic mass is 10.1. The van der Waals surface area contributed by atoms with E-state index in [1.807, 2.05) is 19.9 Å². The minimum Gasteiger partial charge on any atom is -0.283 e. The van der Waals surface area contributed by atoms with Crippen LogP contribution in [-0.4, -0.2) is 11.3 Å². The van der Waals surface area contributed by atoms with Crippen LogP contribution in [0.3, 0.4) is 0 Å². The summed E-state index contributed by atoms with van der Waals surface area (Å²) in [5.41, 5.74) is 2.41. The van der Waals surface area contributed by atoms with Gasteiger partial charge in [0.2, 0.25) is 0 Å². The summed E-state index contributed by atoms with van der Waals surface area (Å²) in [5, 5.41) is 0. The molecular weight excluding hydrogens is 126 g/mol. The molecule has 0 fully saturated rings. The van der Waals surface area contributed by atoms with E-state index in [-0.39, 0.29) is 0 Å². The monoisotopic (exact) mass is 134 g/mol. The highest BCUT2D eigenvalue weighted by Crippen LogP contribution is 2.06. The fourth-order valence-corrected chi connectivity index (χ4v) is 0.735. The van der Waals surface area contributed by atoms with Crippen molar-refractivity contribution < 1.29 is 4.79 Å². The molecule has 51 valence electrons. The second-order valence-corrected chi connectivity index (χ2v) is 2.20. The molecule has 0 spiro atoms. The summed E-state index contributed by atoms with van der Waals surface area (Å²) in [4.78, 5) is 14.0. The Kier molecular flexibility index (Phi) is 1.81. The summed E-state index contributed by atoms with van der Waals surface area (Å²) < 4.78 is 0. The fraction of sp³-hybridized carbons (Fsp3) is 0.250. The Morgan fingerprint density at radius 2 is 2.20 bits per heavy atom. The molecule has 1 rings (SSSR count). The molecule has 0 N–H and O–H groups in total. The van der Waals surface area contributed by atoms with E-state index in [2.05, 4.69) is 4.98 Å². The Balaban J connectivity index is 3.27. The Hall–Kier alpha value is -1.18. The zero-order chi connectivity index (χ0) is 7.56. The minimum atomic E-state index is 0.417. The summed E-state index contributed by atoms with van der Waals surface area (Å²) in [6.45, 7) is 3.81. The van der Waals surface area contributed by atoms with Gasteiger partial charge in [-0.25, -0.2) is 0 Å². The lowest BCUT2D eigenvalue weighted by Crippen LogP contribution is -1.93. The van der Waals surface area contributed by atoms with E-state index in [1.165, 1.54) is 0 Å². The number of rotatable bonds is 1. The SMILES string of the molecule is Cc1ccnc([C]=O)c1C. The predicted octanol–water partition coefficient (Wildman–Crippen LogP) is 1.16. The average molecular weight is 134 g/mol. The van der Waals surface area contributed by atoms with Crippen LogP contribution in [0.25, 0.3) is 0 Å². The quantitative estimate of drug-likeness (QED) is 0.576. The molecule has 0 aromatic carbocycles. The minimum absolute atomic E-state index is 0.417. The first-order valence-electron chi connectivity index (χ1n) is 3.06. The van der Waals surface area contributed by atoms with Gasteiger partial charge in [0.05, 0.1) is 0 Å². The van der Waals surface area contributed by atoms with E-state index >= 15 is 0 Å². The molecule has 10 heavy (non-hydrogen) atoms. The van der Waals surface area contributed by atoms with Crippen LogP contribution in [0.15, 0.2) is 12.3 Å². The van der Waals surface area contributed by atoms with Gasteiger partial charge in [-0.05, 0) is 31.0 Å². The van der Waals surface area contributed by atoms with Crippen molar-refractivity contribution in [1.29, 1.82) is 0 Å². The highest BCUT2D eigenvalue weighted by molar-refractivity contribution is 5.74. The van der Waals surface area contributed by atoms with Gasteiger partial charge in [-0.3, -0.25) is 9.78 Å². The van der Waals surface area contributed by atoms with Crippen molar-refractivity contribution in [2.75, 3.05) is 0 Å². The molecule has 2 nitrogen and oxygen atoms in total. The van der Waals surface area contributed by atoms with Crippen molar-refractivity contribution in [3.63, 3.8) is 0 Å². The Bertz CT molecular complexity index is 255. The van der Waals surface area contributed by atoms with Crippen LogP contribution >= 0.6 is 0 Å². The van der Waals surface area contributed by atoms with Gasteiger partial charge < -0.3 is 0 Å². The van der Waals surface area contributed by atoms with Gasteiger partial charge in [0, 0.05) is 6.20 Å². The van der Waals surface area contributed by atoms with Gasteiger partial charge in [-0.15, -0.1) is 0 Å². The lowest BCUT2D eigenvalue weighted by molar-refractivity contribution is 0.561. The van der Waals surface area contributed by atoms with E-state index in [0.717, 1.165) is 11.1 Å². The molecule has 0 saturated carbocycles. The number of pyridine rings is 1. The zero-order valence-corrected chi connectivity index (χ0v) is 6.01. The molecule has 0 unspecified atom stereocenters. The number of hydrogen-bond donors (Lipinski definition) is 0. The van der Waals surface area contributed by atoms with Gasteiger partial charge >= 0.3 is 0 Å². The predicted molar refractivity (Wildman–Crippen MR) is 38.5 cm³/mol. The van der Waals surface area contributed by atoms with Crippen LogP contribution < -0.4 is 0 Å². The second-order valence-electron chi connectivity index (χ2n) is 2.20. The Morgan fingerprint density at radius 3 is 2.70 bits per heavy atom. The van der Waals surface area contributed by atoms with Gasteiger partial charge in [0.25, 0.3) is 6.29 Å². The van der Waals surface area contributed by atoms with Crippen LogP contribution in [0.5, 0.6) is 0 Å². The fourth-order valence-electron chi connectivity index (χ4n) is 0.735. The molecule has 1 heterocycles. The summed E-state index contributed by atoms with van der Waals surface area (Å²) in [7, 11) is 0. The molecule has 0 aliphatic heterocycles. The van der Waals surface area contributed by atoms with E-state index in [4.69, 9.17) is 0 Å². The Labute approximate surface area is 59.9 Å². The third kappa shape index (κ3) is 1.05. The third-order valence-corrected chi connectivity index (χ3v) is 1.57. The van der Waals surface area contributed by atoms with Gasteiger partial charge in [0.1, 0.15) is 5.69 Å². The van der Waals surface area contributed by atoms with E-state index < -0.39 is 0 Å². The van der Waals surface area contributed by atoms with E-state index in [9.17, 15) is 4.79 Å². The standard InChI is InChI=1S/C8H8NO/c1-6-3-4-9-8(5-10)7(6)2/h3-4H,1-2H3. The second kappa shape index (κ2) is 2.60. The van der Waals surface area contributed by atoms with Crippen LogP contribution in [0.2, 0.25) is 0 Å². The van der Waals surface area contributed by atoms with Crippen LogP contribution in [0.4, 0.5) is 0 Å². The molecule has 0 amide bonds. The number of carbonyl (C=O) groups excluding carboxylic acids is 1.